The molecule has 1 aliphatic carbocycles. The lowest BCUT2D eigenvalue weighted by molar-refractivity contribution is 0.0696. The van der Waals surface area contributed by atoms with E-state index < -0.39 is 5.97 Å². The second-order valence-electron chi connectivity index (χ2n) is 5.30. The Morgan fingerprint density at radius 1 is 1.40 bits per heavy atom. The Bertz CT molecular complexity index is 487. The van der Waals surface area contributed by atoms with Crippen LogP contribution < -0.4 is 5.32 Å². The summed E-state index contributed by atoms with van der Waals surface area (Å²) in [7, 11) is 0. The van der Waals surface area contributed by atoms with Crippen LogP contribution in [-0.4, -0.2) is 28.6 Å². The summed E-state index contributed by atoms with van der Waals surface area (Å²) >= 11 is 5.27. The molecule has 2 N–H and O–H groups in total. The maximum absolute atomic E-state index is 11.0. The molecular formula is C15H20BrNO2S. The van der Waals surface area contributed by atoms with Gasteiger partial charge < -0.3 is 10.4 Å². The number of rotatable bonds is 5. The van der Waals surface area contributed by atoms with E-state index in [4.69, 9.17) is 5.11 Å². The number of carboxylic acid groups (broad SMARTS) is 1. The molecule has 20 heavy (non-hydrogen) atoms. The molecule has 1 fully saturated rings. The molecular weight excluding hydrogens is 338 g/mol. The Labute approximate surface area is 132 Å². The van der Waals surface area contributed by atoms with Crippen molar-refractivity contribution in [3.63, 3.8) is 0 Å². The van der Waals surface area contributed by atoms with Gasteiger partial charge in [0.05, 0.1) is 5.56 Å². The van der Waals surface area contributed by atoms with Crippen LogP contribution in [0.25, 0.3) is 0 Å². The Balaban J connectivity index is 2.03. The van der Waals surface area contributed by atoms with Gasteiger partial charge in [-0.15, -0.1) is 0 Å². The molecule has 0 atom stereocenters. The second-order valence-corrected chi connectivity index (χ2v) is 7.43. The molecule has 3 nitrogen and oxygen atoms in total. The van der Waals surface area contributed by atoms with Crippen LogP contribution in [0.2, 0.25) is 0 Å². The van der Waals surface area contributed by atoms with Crippen LogP contribution in [0.5, 0.6) is 0 Å². The van der Waals surface area contributed by atoms with Crippen LogP contribution in [0.15, 0.2) is 22.7 Å². The van der Waals surface area contributed by atoms with Gasteiger partial charge in [-0.3, -0.25) is 0 Å². The van der Waals surface area contributed by atoms with Gasteiger partial charge in [0.1, 0.15) is 0 Å². The Morgan fingerprint density at radius 3 is 2.65 bits per heavy atom. The molecule has 1 aliphatic rings. The van der Waals surface area contributed by atoms with Crippen molar-refractivity contribution in [2.45, 2.75) is 36.9 Å². The summed E-state index contributed by atoms with van der Waals surface area (Å²) in [4.78, 5) is 11.0. The maximum Gasteiger partial charge on any atom is 0.336 e. The van der Waals surface area contributed by atoms with E-state index in [1.165, 1.54) is 32.1 Å². The van der Waals surface area contributed by atoms with Crippen molar-refractivity contribution in [2.75, 3.05) is 18.1 Å². The van der Waals surface area contributed by atoms with Crippen LogP contribution in [0, 0.1) is 0 Å². The predicted molar refractivity (Wildman–Crippen MR) is 88.9 cm³/mol. The number of hydrogen-bond donors (Lipinski definition) is 2. The summed E-state index contributed by atoms with van der Waals surface area (Å²) < 4.78 is 0.952. The van der Waals surface area contributed by atoms with Crippen molar-refractivity contribution in [3.8, 4) is 0 Å². The number of carbonyl (C=O) groups is 1. The molecule has 2 rings (SSSR count). The quantitative estimate of drug-likeness (QED) is 0.806. The van der Waals surface area contributed by atoms with E-state index >= 15 is 0 Å². The Hall–Kier alpha value is -0.680. The summed E-state index contributed by atoms with van der Waals surface area (Å²) in [6.45, 7) is 0.938. The fourth-order valence-corrected chi connectivity index (χ4v) is 4.17. The topological polar surface area (TPSA) is 49.3 Å². The van der Waals surface area contributed by atoms with Crippen molar-refractivity contribution in [2.24, 2.45) is 0 Å². The van der Waals surface area contributed by atoms with Crippen LogP contribution in [0.1, 0.15) is 42.5 Å². The lowest BCUT2D eigenvalue weighted by atomic mass is 9.88. The van der Waals surface area contributed by atoms with E-state index in [1.807, 2.05) is 23.9 Å². The number of thioether (sulfide) groups is 1. The number of hydrogen-bond acceptors (Lipinski definition) is 3. The maximum atomic E-state index is 11.0. The monoisotopic (exact) mass is 357 g/mol. The third kappa shape index (κ3) is 3.70. The van der Waals surface area contributed by atoms with E-state index in [0.29, 0.717) is 14.8 Å². The number of benzene rings is 1. The first kappa shape index (κ1) is 15.7. The minimum Gasteiger partial charge on any atom is -0.478 e. The van der Waals surface area contributed by atoms with E-state index in [9.17, 15) is 4.79 Å². The highest BCUT2D eigenvalue weighted by Gasteiger charge is 2.30. The van der Waals surface area contributed by atoms with Gasteiger partial charge in [-0.1, -0.05) is 19.3 Å². The molecule has 0 aromatic heterocycles. The molecule has 5 heteroatoms. The van der Waals surface area contributed by atoms with Crippen molar-refractivity contribution in [1.82, 2.24) is 0 Å². The summed E-state index contributed by atoms with van der Waals surface area (Å²) in [6.07, 6.45) is 8.68. The van der Waals surface area contributed by atoms with Gasteiger partial charge in [0.15, 0.2) is 0 Å². The summed E-state index contributed by atoms with van der Waals surface area (Å²) in [5, 5.41) is 12.5. The minimum atomic E-state index is -0.906. The van der Waals surface area contributed by atoms with Gasteiger partial charge in [-0.2, -0.15) is 11.8 Å². The average Bonchev–Trinajstić information content (AvgIpc) is 2.46. The van der Waals surface area contributed by atoms with Gasteiger partial charge >= 0.3 is 5.97 Å². The third-order valence-electron chi connectivity index (χ3n) is 4.01. The van der Waals surface area contributed by atoms with Crippen LogP contribution >= 0.6 is 27.7 Å². The summed E-state index contributed by atoms with van der Waals surface area (Å²) in [5.41, 5.74) is 1.27. The van der Waals surface area contributed by atoms with Gasteiger partial charge in [-0.05, 0) is 53.2 Å². The van der Waals surface area contributed by atoms with Gasteiger partial charge in [0.25, 0.3) is 0 Å². The molecule has 0 aliphatic heterocycles. The number of nitrogens with one attached hydrogen (secondary N) is 1. The van der Waals surface area contributed by atoms with Gasteiger partial charge in [0, 0.05) is 21.5 Å². The summed E-state index contributed by atoms with van der Waals surface area (Å²) in [6, 6.07) is 5.33. The molecule has 0 heterocycles. The zero-order valence-corrected chi connectivity index (χ0v) is 14.0. The highest BCUT2D eigenvalue weighted by atomic mass is 79.9. The average molecular weight is 358 g/mol. The molecule has 0 amide bonds. The lowest BCUT2D eigenvalue weighted by Gasteiger charge is -2.36. The highest BCUT2D eigenvalue weighted by Crippen LogP contribution is 2.38. The van der Waals surface area contributed by atoms with Gasteiger partial charge in [-0.25, -0.2) is 4.79 Å². The molecule has 110 valence electrons. The van der Waals surface area contributed by atoms with E-state index in [2.05, 4.69) is 27.5 Å². The molecule has 1 aromatic carbocycles. The largest absolute Gasteiger partial charge is 0.478 e. The number of carboxylic acids is 1. The first-order chi connectivity index (χ1) is 9.56. The SMILES string of the molecule is CSC1(CNc2ccc(C(=O)O)c(Br)c2)CCCCC1. The van der Waals surface area contributed by atoms with Crippen molar-refractivity contribution < 1.29 is 9.90 Å². The lowest BCUT2D eigenvalue weighted by Crippen LogP contribution is -2.35. The van der Waals surface area contributed by atoms with Crippen LogP contribution in [-0.2, 0) is 0 Å². The smallest absolute Gasteiger partial charge is 0.336 e. The standard InChI is InChI=1S/C15H20BrNO2S/c1-20-15(7-3-2-4-8-15)10-17-11-5-6-12(14(18)19)13(16)9-11/h5-6,9,17H,2-4,7-8,10H2,1H3,(H,18,19). The van der Waals surface area contributed by atoms with Gasteiger partial charge in [0.2, 0.25) is 0 Å². The molecule has 0 radical (unpaired) electrons. The third-order valence-corrected chi connectivity index (χ3v) is 6.09. The van der Waals surface area contributed by atoms with Crippen molar-refractivity contribution in [1.29, 1.82) is 0 Å². The van der Waals surface area contributed by atoms with Crippen molar-refractivity contribution >= 4 is 39.3 Å². The number of anilines is 1. The Morgan fingerprint density at radius 2 is 2.10 bits per heavy atom. The zero-order chi connectivity index (χ0) is 14.6. The minimum absolute atomic E-state index is 0.299. The zero-order valence-electron chi connectivity index (χ0n) is 11.6. The normalized spacial score (nSPS) is 17.7. The Kier molecular flexibility index (Phi) is 5.38. The number of halogens is 1. The molecule has 0 spiro atoms. The van der Waals surface area contributed by atoms with E-state index in [0.717, 1.165) is 12.2 Å². The van der Waals surface area contributed by atoms with Crippen LogP contribution in [0.4, 0.5) is 5.69 Å². The molecule has 1 aromatic rings. The second kappa shape index (κ2) is 6.85. The van der Waals surface area contributed by atoms with Crippen LogP contribution in [0.3, 0.4) is 0 Å². The first-order valence-corrected chi connectivity index (χ1v) is 8.90. The van der Waals surface area contributed by atoms with E-state index in [1.54, 1.807) is 6.07 Å². The summed E-state index contributed by atoms with van der Waals surface area (Å²) in [5.74, 6) is -0.906. The molecule has 1 saturated carbocycles. The predicted octanol–water partition coefficient (Wildman–Crippen LogP) is 4.63. The fraction of sp³-hybridized carbons (Fsp3) is 0.533. The molecule has 0 saturated heterocycles. The molecule has 0 unspecified atom stereocenters. The first-order valence-electron chi connectivity index (χ1n) is 6.88. The highest BCUT2D eigenvalue weighted by molar-refractivity contribution is 9.10. The van der Waals surface area contributed by atoms with E-state index in [-0.39, 0.29) is 0 Å². The number of aromatic carboxylic acids is 1. The van der Waals surface area contributed by atoms with Crippen molar-refractivity contribution in [3.05, 3.63) is 28.2 Å². The molecule has 0 bridgehead atoms. The fourth-order valence-electron chi connectivity index (χ4n) is 2.71.